The van der Waals surface area contributed by atoms with Gasteiger partial charge in [0.1, 0.15) is 6.61 Å². The van der Waals surface area contributed by atoms with Crippen molar-refractivity contribution in [2.75, 3.05) is 0 Å². The van der Waals surface area contributed by atoms with Crippen molar-refractivity contribution < 1.29 is 9.53 Å². The molecule has 3 N–H and O–H groups in total. The van der Waals surface area contributed by atoms with Crippen LogP contribution >= 0.6 is 0 Å². The molecule has 14 heavy (non-hydrogen) atoms. The quantitative estimate of drug-likeness (QED) is 0.737. The number of rotatable bonds is 2. The predicted octanol–water partition coefficient (Wildman–Crippen LogP) is 2.53. The second kappa shape index (κ2) is 5.40. The van der Waals surface area contributed by atoms with Crippen molar-refractivity contribution >= 4 is 5.97 Å². The Morgan fingerprint density at radius 1 is 1.36 bits per heavy atom. The molecule has 3 heteroatoms. The summed E-state index contributed by atoms with van der Waals surface area (Å²) in [5.74, 6) is -0.235. The average molecular weight is 195 g/mol. The monoisotopic (exact) mass is 195 g/mol. The maximum absolute atomic E-state index is 10.6. The van der Waals surface area contributed by atoms with Gasteiger partial charge in [0.15, 0.2) is 0 Å². The van der Waals surface area contributed by atoms with Crippen LogP contribution in [0.3, 0.4) is 0 Å². The highest BCUT2D eigenvalue weighted by Gasteiger charge is 2.01. The van der Waals surface area contributed by atoms with Crippen LogP contribution in [0.4, 0.5) is 0 Å². The maximum Gasteiger partial charge on any atom is 0.302 e. The first-order valence-electron chi connectivity index (χ1n) is 4.29. The zero-order chi connectivity index (χ0) is 9.84. The lowest BCUT2D eigenvalue weighted by molar-refractivity contribution is -0.142. The normalized spacial score (nSPS) is 9.07. The fourth-order valence-corrected chi connectivity index (χ4v) is 1.15. The molecule has 3 nitrogen and oxygen atoms in total. The number of carbonyl (C=O) groups is 1. The molecule has 0 fully saturated rings. The molecule has 0 saturated heterocycles. The first-order valence-corrected chi connectivity index (χ1v) is 4.29. The van der Waals surface area contributed by atoms with Gasteiger partial charge in [-0.1, -0.05) is 18.2 Å². The topological polar surface area (TPSA) is 61.3 Å². The van der Waals surface area contributed by atoms with Crippen LogP contribution in [0.2, 0.25) is 0 Å². The van der Waals surface area contributed by atoms with Crippen LogP contribution in [0.25, 0.3) is 0 Å². The molecule has 0 aliphatic rings. The summed E-state index contributed by atoms with van der Waals surface area (Å²) in [5.41, 5.74) is 3.50. The molecule has 0 saturated carbocycles. The second-order valence-corrected chi connectivity index (χ2v) is 3.14. The molecule has 0 radical (unpaired) electrons. The molecule has 1 rings (SSSR count). The van der Waals surface area contributed by atoms with E-state index in [9.17, 15) is 4.79 Å². The first-order chi connectivity index (χ1) is 6.11. The number of hydrogen-bond donors (Lipinski definition) is 1. The molecule has 0 amide bonds. The van der Waals surface area contributed by atoms with Crippen LogP contribution in [-0.4, -0.2) is 5.97 Å². The van der Waals surface area contributed by atoms with Gasteiger partial charge in [0.05, 0.1) is 0 Å². The summed E-state index contributed by atoms with van der Waals surface area (Å²) < 4.78 is 4.92. The van der Waals surface area contributed by atoms with Crippen molar-refractivity contribution in [2.45, 2.75) is 27.4 Å². The molecule has 0 spiro atoms. The SMILES string of the molecule is CC(=O)OCc1cccc(C)c1C.N. The van der Waals surface area contributed by atoms with Crippen molar-refractivity contribution in [3.63, 3.8) is 0 Å². The van der Waals surface area contributed by atoms with E-state index in [1.165, 1.54) is 18.1 Å². The van der Waals surface area contributed by atoms with Crippen molar-refractivity contribution in [2.24, 2.45) is 0 Å². The minimum Gasteiger partial charge on any atom is -0.461 e. The van der Waals surface area contributed by atoms with Gasteiger partial charge in [-0.15, -0.1) is 0 Å². The molecule has 78 valence electrons. The highest BCUT2D eigenvalue weighted by atomic mass is 16.5. The summed E-state index contributed by atoms with van der Waals surface area (Å²) >= 11 is 0. The third-order valence-corrected chi connectivity index (χ3v) is 2.15. The van der Waals surface area contributed by atoms with Crippen LogP contribution in [0, 0.1) is 13.8 Å². The Balaban J connectivity index is 0.00000169. The predicted molar refractivity (Wildman–Crippen MR) is 56.4 cm³/mol. The molecule has 0 aromatic heterocycles. The third kappa shape index (κ3) is 3.18. The fourth-order valence-electron chi connectivity index (χ4n) is 1.15. The highest BCUT2D eigenvalue weighted by Crippen LogP contribution is 2.13. The van der Waals surface area contributed by atoms with Gasteiger partial charge in [-0.2, -0.15) is 0 Å². The lowest BCUT2D eigenvalue weighted by Crippen LogP contribution is -2.01. The first kappa shape index (κ1) is 12.7. The van der Waals surface area contributed by atoms with E-state index in [0.29, 0.717) is 6.61 Å². The molecule has 0 bridgehead atoms. The molecule has 0 aliphatic carbocycles. The summed E-state index contributed by atoms with van der Waals surface area (Å²) in [6.45, 7) is 5.88. The van der Waals surface area contributed by atoms with E-state index in [0.717, 1.165) is 5.56 Å². The number of benzene rings is 1. The smallest absolute Gasteiger partial charge is 0.302 e. The Kier molecular flexibility index (Phi) is 4.87. The van der Waals surface area contributed by atoms with Crippen molar-refractivity contribution in [1.29, 1.82) is 0 Å². The van der Waals surface area contributed by atoms with Crippen molar-refractivity contribution in [3.8, 4) is 0 Å². The Labute approximate surface area is 84.7 Å². The highest BCUT2D eigenvalue weighted by molar-refractivity contribution is 5.66. The van der Waals surface area contributed by atoms with Crippen molar-refractivity contribution in [3.05, 3.63) is 34.9 Å². The van der Waals surface area contributed by atoms with Crippen LogP contribution in [-0.2, 0) is 16.1 Å². The van der Waals surface area contributed by atoms with Gasteiger partial charge < -0.3 is 10.9 Å². The minimum absolute atomic E-state index is 0. The molecule has 1 aromatic rings. The van der Waals surface area contributed by atoms with Gasteiger partial charge in [0, 0.05) is 6.92 Å². The Bertz CT molecular complexity index is 321. The largest absolute Gasteiger partial charge is 0.461 e. The van der Waals surface area contributed by atoms with E-state index in [4.69, 9.17) is 4.74 Å². The van der Waals surface area contributed by atoms with E-state index in [2.05, 4.69) is 0 Å². The molecular weight excluding hydrogens is 178 g/mol. The molecule has 0 unspecified atom stereocenters. The fraction of sp³-hybridized carbons (Fsp3) is 0.364. The minimum atomic E-state index is -0.235. The van der Waals surface area contributed by atoms with E-state index in [1.54, 1.807) is 0 Å². The summed E-state index contributed by atoms with van der Waals surface area (Å²) in [5, 5.41) is 0. The van der Waals surface area contributed by atoms with E-state index in [-0.39, 0.29) is 12.1 Å². The molecule has 0 atom stereocenters. The van der Waals surface area contributed by atoms with Gasteiger partial charge in [-0.05, 0) is 30.5 Å². The van der Waals surface area contributed by atoms with Gasteiger partial charge in [-0.3, -0.25) is 4.79 Å². The van der Waals surface area contributed by atoms with Crippen LogP contribution in [0.15, 0.2) is 18.2 Å². The summed E-state index contributed by atoms with van der Waals surface area (Å²) in [7, 11) is 0. The molecule has 0 heterocycles. The number of ether oxygens (including phenoxy) is 1. The van der Waals surface area contributed by atoms with Crippen molar-refractivity contribution in [1.82, 2.24) is 6.15 Å². The second-order valence-electron chi connectivity index (χ2n) is 3.14. The molecule has 1 aromatic carbocycles. The van der Waals surface area contributed by atoms with Gasteiger partial charge in [0.25, 0.3) is 0 Å². The Morgan fingerprint density at radius 2 is 2.00 bits per heavy atom. The zero-order valence-corrected chi connectivity index (χ0v) is 8.96. The lowest BCUT2D eigenvalue weighted by Gasteiger charge is -2.07. The number of hydrogen-bond acceptors (Lipinski definition) is 3. The van der Waals surface area contributed by atoms with Gasteiger partial charge in [0.2, 0.25) is 0 Å². The van der Waals surface area contributed by atoms with E-state index < -0.39 is 0 Å². The lowest BCUT2D eigenvalue weighted by atomic mass is 10.0. The van der Waals surface area contributed by atoms with Crippen LogP contribution in [0.5, 0.6) is 0 Å². The summed E-state index contributed by atoms with van der Waals surface area (Å²) in [4.78, 5) is 10.6. The van der Waals surface area contributed by atoms with Crippen LogP contribution < -0.4 is 6.15 Å². The zero-order valence-electron chi connectivity index (χ0n) is 8.96. The average Bonchev–Trinajstić information content (AvgIpc) is 2.07. The molecular formula is C11H17NO2. The number of esters is 1. The van der Waals surface area contributed by atoms with E-state index in [1.807, 2.05) is 32.0 Å². The van der Waals surface area contributed by atoms with Gasteiger partial charge >= 0.3 is 5.97 Å². The maximum atomic E-state index is 10.6. The Hall–Kier alpha value is -1.35. The van der Waals surface area contributed by atoms with Crippen LogP contribution in [0.1, 0.15) is 23.6 Å². The number of carbonyl (C=O) groups excluding carboxylic acids is 1. The van der Waals surface area contributed by atoms with E-state index >= 15 is 0 Å². The number of aryl methyl sites for hydroxylation is 1. The van der Waals surface area contributed by atoms with Gasteiger partial charge in [-0.25, -0.2) is 0 Å². The third-order valence-electron chi connectivity index (χ3n) is 2.15. The molecule has 0 aliphatic heterocycles. The summed E-state index contributed by atoms with van der Waals surface area (Å²) in [6, 6.07) is 6.00. The standard InChI is InChI=1S/C11H14O2.H3N/c1-8-5-4-6-11(9(8)2)7-13-10(3)12;/h4-6H,7H2,1-3H3;1H3. The Morgan fingerprint density at radius 3 is 2.57 bits per heavy atom. The summed E-state index contributed by atoms with van der Waals surface area (Å²) in [6.07, 6.45) is 0.